The van der Waals surface area contributed by atoms with E-state index in [0.717, 1.165) is 5.56 Å². The van der Waals surface area contributed by atoms with Crippen LogP contribution in [0.3, 0.4) is 0 Å². The molecule has 0 saturated heterocycles. The molecule has 0 spiro atoms. The first-order chi connectivity index (χ1) is 10.5. The first-order valence-corrected chi connectivity index (χ1v) is 6.91. The van der Waals surface area contributed by atoms with Gasteiger partial charge >= 0.3 is 0 Å². The van der Waals surface area contributed by atoms with E-state index in [-0.39, 0.29) is 5.78 Å². The summed E-state index contributed by atoms with van der Waals surface area (Å²) in [5, 5.41) is 8.89. The van der Waals surface area contributed by atoms with E-state index in [0.29, 0.717) is 22.6 Å². The summed E-state index contributed by atoms with van der Waals surface area (Å²) in [7, 11) is 1.50. The van der Waals surface area contributed by atoms with Crippen molar-refractivity contribution < 1.29 is 14.3 Å². The van der Waals surface area contributed by atoms with Crippen molar-refractivity contribution in [3.63, 3.8) is 0 Å². The molecule has 0 N–H and O–H groups in total. The number of Topliss-reactive ketones (excluding diaryl/α,β-unsaturated/α-hetero) is 1. The number of nitriles is 1. The van der Waals surface area contributed by atoms with E-state index in [2.05, 4.69) is 0 Å². The van der Waals surface area contributed by atoms with Crippen LogP contribution in [0.25, 0.3) is 0 Å². The van der Waals surface area contributed by atoms with Crippen LogP contribution in [-0.4, -0.2) is 19.0 Å². The highest BCUT2D eigenvalue weighted by atomic mass is 16.5. The number of ketones is 1. The number of nitrogens with zero attached hydrogens (tertiary/aromatic N) is 1. The minimum absolute atomic E-state index is 0.105. The van der Waals surface area contributed by atoms with Crippen molar-refractivity contribution in [3.05, 3.63) is 59.2 Å². The highest BCUT2D eigenvalue weighted by molar-refractivity contribution is 5.99. The second-order valence-corrected chi connectivity index (χ2v) is 4.97. The number of carbonyl (C=O) groups is 1. The largest absolute Gasteiger partial charge is 0.493 e. The molecule has 0 heterocycles. The standard InChI is InChI=1S/C18H17NO3/c1-12-4-7-15(8-5-12)18(20)13(2)22-16-9-6-14(11-19)10-17(16)21-3/h4-10,13H,1-3H3/t13-/m0/s1. The van der Waals surface area contributed by atoms with Crippen molar-refractivity contribution in [2.24, 2.45) is 0 Å². The Kier molecular flexibility index (Phi) is 4.80. The summed E-state index contributed by atoms with van der Waals surface area (Å²) in [5.41, 5.74) is 2.17. The highest BCUT2D eigenvalue weighted by Crippen LogP contribution is 2.29. The molecular weight excluding hydrogens is 278 g/mol. The minimum atomic E-state index is -0.649. The maximum atomic E-state index is 12.4. The number of aryl methyl sites for hydroxylation is 1. The van der Waals surface area contributed by atoms with Crippen LogP contribution in [0.2, 0.25) is 0 Å². The lowest BCUT2D eigenvalue weighted by Crippen LogP contribution is -2.24. The SMILES string of the molecule is COc1cc(C#N)ccc1O[C@@H](C)C(=O)c1ccc(C)cc1. The summed E-state index contributed by atoms with van der Waals surface area (Å²) >= 11 is 0. The first-order valence-electron chi connectivity index (χ1n) is 6.91. The Morgan fingerprint density at radius 3 is 2.41 bits per heavy atom. The van der Waals surface area contributed by atoms with E-state index in [4.69, 9.17) is 14.7 Å². The van der Waals surface area contributed by atoms with Crippen molar-refractivity contribution in [1.82, 2.24) is 0 Å². The van der Waals surface area contributed by atoms with Gasteiger partial charge in [-0.1, -0.05) is 29.8 Å². The van der Waals surface area contributed by atoms with Crippen LogP contribution >= 0.6 is 0 Å². The van der Waals surface area contributed by atoms with Gasteiger partial charge in [-0.2, -0.15) is 5.26 Å². The lowest BCUT2D eigenvalue weighted by atomic mass is 10.1. The summed E-state index contributed by atoms with van der Waals surface area (Å²) in [6, 6.07) is 14.2. The van der Waals surface area contributed by atoms with E-state index in [1.165, 1.54) is 7.11 Å². The molecule has 2 rings (SSSR count). The number of hydrogen-bond acceptors (Lipinski definition) is 4. The summed E-state index contributed by atoms with van der Waals surface area (Å²) in [4.78, 5) is 12.4. The Hall–Kier alpha value is -2.80. The second kappa shape index (κ2) is 6.77. The average Bonchev–Trinajstić information content (AvgIpc) is 2.55. The molecule has 0 aliphatic rings. The maximum Gasteiger partial charge on any atom is 0.202 e. The third-order valence-corrected chi connectivity index (χ3v) is 3.30. The molecule has 1 atom stereocenters. The zero-order valence-corrected chi connectivity index (χ0v) is 12.8. The minimum Gasteiger partial charge on any atom is -0.493 e. The molecule has 4 nitrogen and oxygen atoms in total. The highest BCUT2D eigenvalue weighted by Gasteiger charge is 2.18. The van der Waals surface area contributed by atoms with Gasteiger partial charge in [-0.25, -0.2) is 0 Å². The molecule has 0 amide bonds. The third kappa shape index (κ3) is 3.44. The van der Waals surface area contributed by atoms with Crippen molar-refractivity contribution in [1.29, 1.82) is 5.26 Å². The van der Waals surface area contributed by atoms with Crippen molar-refractivity contribution >= 4 is 5.78 Å². The Labute approximate surface area is 129 Å². The van der Waals surface area contributed by atoms with Gasteiger partial charge in [-0.3, -0.25) is 4.79 Å². The van der Waals surface area contributed by atoms with Gasteiger partial charge in [-0.15, -0.1) is 0 Å². The van der Waals surface area contributed by atoms with E-state index in [1.807, 2.05) is 25.1 Å². The lowest BCUT2D eigenvalue weighted by Gasteiger charge is -2.16. The Balaban J connectivity index is 2.18. The molecule has 2 aromatic rings. The van der Waals surface area contributed by atoms with Gasteiger partial charge in [0, 0.05) is 11.6 Å². The molecule has 112 valence electrons. The normalized spacial score (nSPS) is 11.4. The van der Waals surface area contributed by atoms with E-state index in [1.54, 1.807) is 37.3 Å². The van der Waals surface area contributed by atoms with Gasteiger partial charge in [0.2, 0.25) is 5.78 Å². The van der Waals surface area contributed by atoms with Crippen LogP contribution in [0.15, 0.2) is 42.5 Å². The van der Waals surface area contributed by atoms with E-state index in [9.17, 15) is 4.79 Å². The quantitative estimate of drug-likeness (QED) is 0.792. The fraction of sp³-hybridized carbons (Fsp3) is 0.222. The van der Waals surface area contributed by atoms with E-state index >= 15 is 0 Å². The molecule has 2 aromatic carbocycles. The number of carbonyl (C=O) groups excluding carboxylic acids is 1. The van der Waals surface area contributed by atoms with Gasteiger partial charge in [0.05, 0.1) is 18.7 Å². The predicted molar refractivity (Wildman–Crippen MR) is 83.3 cm³/mol. The number of benzene rings is 2. The van der Waals surface area contributed by atoms with Crippen LogP contribution in [-0.2, 0) is 0 Å². The topological polar surface area (TPSA) is 59.3 Å². The van der Waals surface area contributed by atoms with Crippen LogP contribution in [0.5, 0.6) is 11.5 Å². The van der Waals surface area contributed by atoms with Gasteiger partial charge < -0.3 is 9.47 Å². The zero-order chi connectivity index (χ0) is 16.1. The molecule has 0 aromatic heterocycles. The second-order valence-electron chi connectivity index (χ2n) is 4.97. The average molecular weight is 295 g/mol. The molecule has 0 bridgehead atoms. The summed E-state index contributed by atoms with van der Waals surface area (Å²) in [5.74, 6) is 0.767. The molecule has 4 heteroatoms. The van der Waals surface area contributed by atoms with Crippen molar-refractivity contribution in [3.8, 4) is 17.6 Å². The van der Waals surface area contributed by atoms with Gasteiger partial charge in [-0.05, 0) is 26.0 Å². The molecule has 0 radical (unpaired) electrons. The molecule has 0 aliphatic heterocycles. The van der Waals surface area contributed by atoms with Crippen LogP contribution in [0.4, 0.5) is 0 Å². The molecular formula is C18H17NO3. The summed E-state index contributed by atoms with van der Waals surface area (Å²) in [6.07, 6.45) is -0.649. The predicted octanol–water partition coefficient (Wildman–Crippen LogP) is 3.53. The summed E-state index contributed by atoms with van der Waals surface area (Å²) < 4.78 is 10.9. The Morgan fingerprint density at radius 2 is 1.82 bits per heavy atom. The van der Waals surface area contributed by atoms with Gasteiger partial charge in [0.25, 0.3) is 0 Å². The molecule has 0 aliphatic carbocycles. The fourth-order valence-electron chi connectivity index (χ4n) is 2.03. The van der Waals surface area contributed by atoms with Crippen LogP contribution in [0, 0.1) is 18.3 Å². The number of methoxy groups -OCH3 is 1. The van der Waals surface area contributed by atoms with Crippen molar-refractivity contribution in [2.45, 2.75) is 20.0 Å². The number of hydrogen-bond donors (Lipinski definition) is 0. The number of rotatable bonds is 5. The Bertz CT molecular complexity index is 714. The van der Waals surface area contributed by atoms with Crippen LogP contribution in [0.1, 0.15) is 28.4 Å². The lowest BCUT2D eigenvalue weighted by molar-refractivity contribution is 0.0814. The molecule has 0 fully saturated rings. The molecule has 22 heavy (non-hydrogen) atoms. The summed E-state index contributed by atoms with van der Waals surface area (Å²) in [6.45, 7) is 3.66. The third-order valence-electron chi connectivity index (χ3n) is 3.30. The molecule has 0 unspecified atom stereocenters. The Morgan fingerprint density at radius 1 is 1.14 bits per heavy atom. The van der Waals surface area contributed by atoms with Crippen molar-refractivity contribution in [2.75, 3.05) is 7.11 Å². The maximum absolute atomic E-state index is 12.4. The zero-order valence-electron chi connectivity index (χ0n) is 12.8. The first kappa shape index (κ1) is 15.6. The van der Waals surface area contributed by atoms with E-state index < -0.39 is 6.10 Å². The van der Waals surface area contributed by atoms with Gasteiger partial charge in [0.15, 0.2) is 17.6 Å². The molecule has 0 saturated carbocycles. The smallest absolute Gasteiger partial charge is 0.202 e. The number of ether oxygens (including phenoxy) is 2. The van der Waals surface area contributed by atoms with Gasteiger partial charge in [0.1, 0.15) is 0 Å². The monoisotopic (exact) mass is 295 g/mol. The van der Waals surface area contributed by atoms with Crippen LogP contribution < -0.4 is 9.47 Å². The fourth-order valence-corrected chi connectivity index (χ4v) is 2.03.